The Morgan fingerprint density at radius 1 is 0.556 bits per heavy atom. The highest BCUT2D eigenvalue weighted by Crippen LogP contribution is 2.28. The molecule has 5 aromatic rings. The fourth-order valence-electron chi connectivity index (χ4n) is 6.45. The van der Waals surface area contributed by atoms with E-state index in [1.54, 1.807) is 134 Å². The lowest BCUT2D eigenvalue weighted by molar-refractivity contribution is -0.138. The lowest BCUT2D eigenvalue weighted by Crippen LogP contribution is -2.49. The summed E-state index contributed by atoms with van der Waals surface area (Å²) in [5, 5.41) is 11.9. The van der Waals surface area contributed by atoms with Crippen LogP contribution in [0.4, 0.5) is 21.0 Å². The van der Waals surface area contributed by atoms with Gasteiger partial charge in [-0.3, -0.25) is 19.2 Å². The monoisotopic (exact) mass is 859 g/mol. The predicted octanol–water partition coefficient (Wildman–Crippen LogP) is 7.94. The number of nitrogens with zero attached hydrogens (tertiary/aromatic N) is 2. The molecule has 0 radical (unpaired) electrons. The third kappa shape index (κ3) is 12.7. The maximum absolute atomic E-state index is 13.8. The smallest absolute Gasteiger partial charge is 0.408 e. The van der Waals surface area contributed by atoms with Gasteiger partial charge in [-0.05, 0) is 108 Å². The summed E-state index contributed by atoms with van der Waals surface area (Å²) in [6.07, 6.45) is -1.52. The molecule has 4 atom stereocenters. The van der Waals surface area contributed by atoms with E-state index < -0.39 is 71.2 Å². The van der Waals surface area contributed by atoms with Gasteiger partial charge in [0, 0.05) is 42.1 Å². The Labute approximate surface area is 367 Å². The number of hydrogen-bond donors (Lipinski definition) is 5. The Morgan fingerprint density at radius 3 is 1.40 bits per heavy atom. The summed E-state index contributed by atoms with van der Waals surface area (Å²) in [5.41, 5.74) is 2.99. The molecule has 5 rings (SSSR count). The number of alkyl carbamates (subject to hydrolysis) is 2. The molecule has 5 N–H and O–H groups in total. The molecular weight excluding hydrogens is 803 g/mol. The number of hydrogen-bond acceptors (Lipinski definition) is 8. The van der Waals surface area contributed by atoms with Crippen LogP contribution < -0.4 is 21.3 Å². The van der Waals surface area contributed by atoms with Crippen molar-refractivity contribution in [3.8, 4) is 11.3 Å². The molecule has 0 bridgehead atoms. The Kier molecular flexibility index (Phi) is 14.7. The zero-order valence-electron chi connectivity index (χ0n) is 37.4. The molecule has 0 saturated heterocycles. The number of aromatic amines is 1. The zero-order chi connectivity index (χ0) is 46.2. The highest BCUT2D eigenvalue weighted by atomic mass is 16.6. The molecule has 0 unspecified atom stereocenters. The van der Waals surface area contributed by atoms with E-state index >= 15 is 0 Å². The molecule has 0 aliphatic carbocycles. The van der Waals surface area contributed by atoms with Crippen molar-refractivity contribution in [2.75, 3.05) is 24.7 Å². The fraction of sp³-hybridized carbons (Fsp3) is 0.333. The van der Waals surface area contributed by atoms with E-state index in [2.05, 4.69) is 26.3 Å². The summed E-state index contributed by atoms with van der Waals surface area (Å²) < 4.78 is 10.8. The molecule has 15 heteroatoms. The molecule has 0 spiro atoms. The largest absolute Gasteiger partial charge is 0.444 e. The number of aromatic nitrogens is 1. The van der Waals surface area contributed by atoms with E-state index in [0.29, 0.717) is 22.5 Å². The number of fused-ring (bicyclic) bond motifs is 1. The molecule has 1 aromatic heterocycles. The van der Waals surface area contributed by atoms with Crippen LogP contribution in [0.5, 0.6) is 0 Å². The molecule has 0 fully saturated rings. The van der Waals surface area contributed by atoms with Crippen LogP contribution in [0, 0.1) is 0 Å². The molecule has 4 aromatic carbocycles. The standard InChI is InChI=1S/C48H57N7O8/c1-29(54(9)43(58)39(32-17-13-11-14-18-32)52-45(60)62-47(3,4)5)41(56)49-35-23-21-31(22-24-35)38-28-34-27-36(25-26-37(34)51-38)50-42(57)30(2)55(10)44(59)40(33-19-15-12-16-20-33)53-46(61)63-48(6,7)8/h11-30,39-40,51H,1-10H3,(H,49,56)(H,50,57)(H,52,60)(H,53,61)/t29-,30-,39+,40+/m0/s1. The average Bonchev–Trinajstić information content (AvgIpc) is 3.66. The average molecular weight is 860 g/mol. The normalized spacial score (nSPS) is 13.4. The van der Waals surface area contributed by atoms with Crippen LogP contribution in [-0.4, -0.2) is 88.0 Å². The van der Waals surface area contributed by atoms with E-state index in [1.165, 1.54) is 23.9 Å². The molecule has 0 aliphatic rings. The van der Waals surface area contributed by atoms with Gasteiger partial charge in [-0.2, -0.15) is 0 Å². The van der Waals surface area contributed by atoms with Crippen molar-refractivity contribution in [1.29, 1.82) is 0 Å². The summed E-state index contributed by atoms with van der Waals surface area (Å²) in [6, 6.07) is 28.0. The van der Waals surface area contributed by atoms with Crippen molar-refractivity contribution in [2.24, 2.45) is 0 Å². The van der Waals surface area contributed by atoms with Gasteiger partial charge in [-0.25, -0.2) is 9.59 Å². The minimum absolute atomic E-state index is 0.429. The van der Waals surface area contributed by atoms with Gasteiger partial charge >= 0.3 is 12.2 Å². The third-order valence-electron chi connectivity index (χ3n) is 10.0. The third-order valence-corrected chi connectivity index (χ3v) is 10.0. The van der Waals surface area contributed by atoms with Crippen LogP contribution >= 0.6 is 0 Å². The van der Waals surface area contributed by atoms with Crippen LogP contribution in [-0.2, 0) is 28.7 Å². The van der Waals surface area contributed by atoms with E-state index in [-0.39, 0.29) is 0 Å². The second-order valence-corrected chi connectivity index (χ2v) is 17.3. The predicted molar refractivity (Wildman–Crippen MR) is 243 cm³/mol. The highest BCUT2D eigenvalue weighted by Gasteiger charge is 2.34. The van der Waals surface area contributed by atoms with Crippen molar-refractivity contribution >= 4 is 58.1 Å². The van der Waals surface area contributed by atoms with Gasteiger partial charge in [-0.1, -0.05) is 72.8 Å². The number of likely N-dealkylation sites (N-methyl/N-ethyl adjacent to an activating group) is 2. The van der Waals surface area contributed by atoms with E-state index in [9.17, 15) is 28.8 Å². The van der Waals surface area contributed by atoms with Crippen LogP contribution in [0.3, 0.4) is 0 Å². The SMILES string of the molecule is C[C@@H](C(=O)Nc1ccc(-c2cc3cc(NC(=O)[C@H](C)N(C)C(=O)[C@H](NC(=O)OC(C)(C)C)c4ccccc4)ccc3[nH]2)cc1)N(C)C(=O)[C@H](NC(=O)OC(C)(C)C)c1ccccc1. The highest BCUT2D eigenvalue weighted by molar-refractivity contribution is 6.00. The molecule has 0 saturated carbocycles. The number of ether oxygens (including phenoxy) is 2. The second-order valence-electron chi connectivity index (χ2n) is 17.3. The number of benzene rings is 4. The Balaban J connectivity index is 1.21. The fourth-order valence-corrected chi connectivity index (χ4v) is 6.45. The first kappa shape index (κ1) is 46.9. The van der Waals surface area contributed by atoms with Gasteiger partial charge < -0.3 is 45.5 Å². The summed E-state index contributed by atoms with van der Waals surface area (Å²) in [4.78, 5) is 85.7. The quantitative estimate of drug-likeness (QED) is 0.0788. The first-order valence-electron chi connectivity index (χ1n) is 20.6. The van der Waals surface area contributed by atoms with Gasteiger partial charge in [0.2, 0.25) is 23.6 Å². The van der Waals surface area contributed by atoms with Gasteiger partial charge in [0.1, 0.15) is 35.4 Å². The number of carbonyl (C=O) groups excluding carboxylic acids is 6. The first-order valence-corrected chi connectivity index (χ1v) is 20.6. The number of H-pyrrole nitrogens is 1. The Morgan fingerprint density at radius 2 is 0.968 bits per heavy atom. The molecule has 6 amide bonds. The molecule has 0 aliphatic heterocycles. The zero-order valence-corrected chi connectivity index (χ0v) is 37.4. The van der Waals surface area contributed by atoms with Crippen molar-refractivity contribution in [2.45, 2.75) is 90.8 Å². The minimum atomic E-state index is -1.09. The number of rotatable bonds is 13. The van der Waals surface area contributed by atoms with E-state index in [1.807, 2.05) is 30.3 Å². The van der Waals surface area contributed by atoms with Crippen LogP contribution in [0.1, 0.15) is 78.6 Å². The molecule has 15 nitrogen and oxygen atoms in total. The Hall–Kier alpha value is -7.16. The lowest BCUT2D eigenvalue weighted by Gasteiger charge is -2.29. The summed E-state index contributed by atoms with van der Waals surface area (Å²) in [5.74, 6) is -1.85. The van der Waals surface area contributed by atoms with Gasteiger partial charge in [0.05, 0.1) is 0 Å². The summed E-state index contributed by atoms with van der Waals surface area (Å²) in [7, 11) is 3.01. The first-order chi connectivity index (χ1) is 29.6. The maximum atomic E-state index is 13.8. The van der Waals surface area contributed by atoms with Crippen molar-refractivity contribution in [3.63, 3.8) is 0 Å². The van der Waals surface area contributed by atoms with Crippen LogP contribution in [0.2, 0.25) is 0 Å². The number of anilines is 2. The van der Waals surface area contributed by atoms with Crippen LogP contribution in [0.25, 0.3) is 22.2 Å². The molecule has 63 heavy (non-hydrogen) atoms. The van der Waals surface area contributed by atoms with Crippen molar-refractivity contribution < 1.29 is 38.2 Å². The number of nitrogens with one attached hydrogen (secondary N) is 5. The molecular formula is C48H57N7O8. The second kappa shape index (κ2) is 19.7. The van der Waals surface area contributed by atoms with Gasteiger partial charge in [-0.15, -0.1) is 0 Å². The maximum Gasteiger partial charge on any atom is 0.408 e. The van der Waals surface area contributed by atoms with Gasteiger partial charge in [0.25, 0.3) is 0 Å². The Bertz CT molecular complexity index is 2420. The molecule has 1 heterocycles. The minimum Gasteiger partial charge on any atom is -0.444 e. The summed E-state index contributed by atoms with van der Waals surface area (Å²) >= 11 is 0. The van der Waals surface area contributed by atoms with Crippen molar-refractivity contribution in [1.82, 2.24) is 25.4 Å². The van der Waals surface area contributed by atoms with E-state index in [0.717, 1.165) is 22.2 Å². The number of amides is 6. The summed E-state index contributed by atoms with van der Waals surface area (Å²) in [6.45, 7) is 13.6. The van der Waals surface area contributed by atoms with Crippen molar-refractivity contribution in [3.05, 3.63) is 120 Å². The molecule has 332 valence electrons. The van der Waals surface area contributed by atoms with E-state index in [4.69, 9.17) is 9.47 Å². The van der Waals surface area contributed by atoms with Gasteiger partial charge in [0.15, 0.2) is 0 Å². The number of carbonyl (C=O) groups is 6. The van der Waals surface area contributed by atoms with Crippen LogP contribution in [0.15, 0.2) is 109 Å². The topological polar surface area (TPSA) is 191 Å². The lowest BCUT2D eigenvalue weighted by atomic mass is 10.0.